The van der Waals surface area contributed by atoms with E-state index < -0.39 is 12.8 Å². The van der Waals surface area contributed by atoms with Crippen molar-refractivity contribution < 1.29 is 17.9 Å². The van der Waals surface area contributed by atoms with Crippen LogP contribution >= 0.6 is 0 Å². The summed E-state index contributed by atoms with van der Waals surface area (Å²) in [6, 6.07) is 12.2. The molecule has 2 rings (SSSR count). The Labute approximate surface area is 144 Å². The molecule has 0 amide bonds. The molecule has 134 valence electrons. The van der Waals surface area contributed by atoms with Crippen LogP contribution in [0.4, 0.5) is 18.9 Å². The summed E-state index contributed by atoms with van der Waals surface area (Å²) in [7, 11) is 0. The van der Waals surface area contributed by atoms with Gasteiger partial charge >= 0.3 is 6.18 Å². The highest BCUT2D eigenvalue weighted by Gasteiger charge is 2.28. The minimum absolute atomic E-state index is 0.109. The molecule has 0 aromatic heterocycles. The first-order valence-electron chi connectivity index (χ1n) is 7.66. The van der Waals surface area contributed by atoms with Crippen molar-refractivity contribution >= 4 is 11.6 Å². The third-order valence-corrected chi connectivity index (χ3v) is 3.56. The number of ether oxygens (including phenoxy) is 1. The van der Waals surface area contributed by atoms with E-state index in [1.165, 1.54) is 6.07 Å². The quantitative estimate of drug-likeness (QED) is 0.628. The van der Waals surface area contributed by atoms with Gasteiger partial charge in [0, 0.05) is 11.3 Å². The van der Waals surface area contributed by atoms with Gasteiger partial charge in [-0.2, -0.15) is 13.2 Å². The first-order chi connectivity index (χ1) is 11.7. The number of hydrogen-bond acceptors (Lipinski definition) is 2. The summed E-state index contributed by atoms with van der Waals surface area (Å²) in [5.74, 6) is 0.316. The predicted molar refractivity (Wildman–Crippen MR) is 92.9 cm³/mol. The van der Waals surface area contributed by atoms with Crippen LogP contribution in [0.2, 0.25) is 0 Å². The molecule has 0 fully saturated rings. The molecule has 0 radical (unpaired) electrons. The van der Waals surface area contributed by atoms with E-state index >= 15 is 0 Å². The van der Waals surface area contributed by atoms with Gasteiger partial charge in [-0.15, -0.1) is 0 Å². The summed E-state index contributed by atoms with van der Waals surface area (Å²) in [6.45, 7) is 2.76. The van der Waals surface area contributed by atoms with E-state index in [1.807, 2.05) is 32.0 Å². The van der Waals surface area contributed by atoms with E-state index in [2.05, 4.69) is 10.3 Å². The van der Waals surface area contributed by atoms with Crippen molar-refractivity contribution in [3.8, 4) is 5.75 Å². The summed E-state index contributed by atoms with van der Waals surface area (Å²) in [5, 5.41) is 2.96. The lowest BCUT2D eigenvalue weighted by molar-refractivity contribution is -0.153. The number of guanidine groups is 1. The first kappa shape index (κ1) is 18.6. The Morgan fingerprint density at radius 3 is 2.52 bits per heavy atom. The number of nitrogens with two attached hydrogens (primary N) is 1. The van der Waals surface area contributed by atoms with Gasteiger partial charge in [-0.05, 0) is 43.2 Å². The molecule has 2 aromatic carbocycles. The van der Waals surface area contributed by atoms with Crippen LogP contribution in [0.15, 0.2) is 47.5 Å². The maximum atomic E-state index is 12.3. The van der Waals surface area contributed by atoms with Crippen molar-refractivity contribution in [1.29, 1.82) is 0 Å². The fraction of sp³-hybridized carbons (Fsp3) is 0.278. The van der Waals surface area contributed by atoms with Crippen LogP contribution in [-0.4, -0.2) is 18.7 Å². The maximum Gasteiger partial charge on any atom is 0.422 e. The molecule has 7 heteroatoms. The Morgan fingerprint density at radius 2 is 1.84 bits per heavy atom. The van der Waals surface area contributed by atoms with E-state index in [-0.39, 0.29) is 18.3 Å². The molecule has 0 aliphatic rings. The number of anilines is 1. The van der Waals surface area contributed by atoms with E-state index in [9.17, 15) is 13.2 Å². The number of alkyl halides is 3. The lowest BCUT2D eigenvalue weighted by Gasteiger charge is -2.12. The second kappa shape index (κ2) is 7.92. The molecule has 0 aliphatic carbocycles. The zero-order chi connectivity index (χ0) is 18.4. The van der Waals surface area contributed by atoms with Crippen molar-refractivity contribution in [3.63, 3.8) is 0 Å². The molecule has 2 aromatic rings. The van der Waals surface area contributed by atoms with Crippen LogP contribution in [0.5, 0.6) is 5.75 Å². The molecule has 0 heterocycles. The summed E-state index contributed by atoms with van der Waals surface area (Å²) in [4.78, 5) is 4.17. The van der Waals surface area contributed by atoms with Gasteiger partial charge in [0.05, 0.1) is 6.54 Å². The predicted octanol–water partition coefficient (Wildman–Crippen LogP) is 4.17. The lowest BCUT2D eigenvalue weighted by Crippen LogP contribution is -2.23. The summed E-state index contributed by atoms with van der Waals surface area (Å²) < 4.78 is 41.7. The van der Waals surface area contributed by atoms with Crippen LogP contribution in [0.1, 0.15) is 16.7 Å². The molecular weight excluding hydrogens is 331 g/mol. The van der Waals surface area contributed by atoms with Crippen molar-refractivity contribution in [2.45, 2.75) is 26.6 Å². The average Bonchev–Trinajstić information content (AvgIpc) is 2.54. The normalized spacial score (nSPS) is 12.1. The number of aliphatic imine (C=N–C) groups is 1. The van der Waals surface area contributed by atoms with Gasteiger partial charge in [-0.25, -0.2) is 4.99 Å². The highest BCUT2D eigenvalue weighted by Crippen LogP contribution is 2.23. The summed E-state index contributed by atoms with van der Waals surface area (Å²) >= 11 is 0. The Balaban J connectivity index is 2.03. The molecule has 0 atom stereocenters. The molecule has 0 bridgehead atoms. The number of para-hydroxylation sites is 1. The van der Waals surface area contributed by atoms with E-state index in [4.69, 9.17) is 10.5 Å². The number of rotatable bonds is 5. The summed E-state index contributed by atoms with van der Waals surface area (Å²) in [6.07, 6.45) is -4.39. The van der Waals surface area contributed by atoms with Gasteiger partial charge in [-0.3, -0.25) is 0 Å². The molecule has 0 unspecified atom stereocenters. The molecule has 0 saturated heterocycles. The first-order valence-corrected chi connectivity index (χ1v) is 7.66. The molecule has 25 heavy (non-hydrogen) atoms. The zero-order valence-electron chi connectivity index (χ0n) is 14.0. The van der Waals surface area contributed by atoms with Crippen molar-refractivity contribution in [2.24, 2.45) is 10.7 Å². The zero-order valence-corrected chi connectivity index (χ0v) is 14.0. The smallest absolute Gasteiger partial charge is 0.422 e. The van der Waals surface area contributed by atoms with Crippen molar-refractivity contribution in [3.05, 3.63) is 59.2 Å². The Morgan fingerprint density at radius 1 is 1.12 bits per heavy atom. The van der Waals surface area contributed by atoms with Gasteiger partial charge in [-0.1, -0.05) is 24.3 Å². The highest BCUT2D eigenvalue weighted by atomic mass is 19.4. The standard InChI is InChI=1S/C18H20F3N3O/c1-12-7-8-15(9-13(12)2)24-17(22)23-10-14-5-3-4-6-16(14)25-11-18(19,20)21/h3-9H,10-11H2,1-2H3,(H3,22,23,24). The van der Waals surface area contributed by atoms with E-state index in [0.29, 0.717) is 5.56 Å². The summed E-state index contributed by atoms with van der Waals surface area (Å²) in [5.41, 5.74) is 9.45. The SMILES string of the molecule is Cc1ccc(NC(N)=NCc2ccccc2OCC(F)(F)F)cc1C. The fourth-order valence-corrected chi connectivity index (χ4v) is 2.11. The number of aryl methyl sites for hydroxylation is 2. The average molecular weight is 351 g/mol. The van der Waals surface area contributed by atoms with Crippen LogP contribution in [0.25, 0.3) is 0 Å². The molecule has 0 spiro atoms. The minimum Gasteiger partial charge on any atom is -0.484 e. The van der Waals surface area contributed by atoms with Crippen LogP contribution < -0.4 is 15.8 Å². The van der Waals surface area contributed by atoms with Crippen LogP contribution in [0, 0.1) is 13.8 Å². The van der Waals surface area contributed by atoms with Crippen LogP contribution in [0.3, 0.4) is 0 Å². The van der Waals surface area contributed by atoms with Gasteiger partial charge < -0.3 is 15.8 Å². The largest absolute Gasteiger partial charge is 0.484 e. The number of benzene rings is 2. The fourth-order valence-electron chi connectivity index (χ4n) is 2.11. The van der Waals surface area contributed by atoms with E-state index in [0.717, 1.165) is 16.8 Å². The van der Waals surface area contributed by atoms with Gasteiger partial charge in [0.2, 0.25) is 0 Å². The Bertz CT molecular complexity index is 757. The van der Waals surface area contributed by atoms with Gasteiger partial charge in [0.1, 0.15) is 5.75 Å². The number of halogens is 3. The second-order valence-electron chi connectivity index (χ2n) is 5.64. The second-order valence-corrected chi connectivity index (χ2v) is 5.64. The van der Waals surface area contributed by atoms with Crippen LogP contribution in [-0.2, 0) is 6.54 Å². The minimum atomic E-state index is -4.39. The molecule has 0 saturated carbocycles. The topological polar surface area (TPSA) is 59.6 Å². The highest BCUT2D eigenvalue weighted by molar-refractivity contribution is 5.92. The van der Waals surface area contributed by atoms with Crippen molar-refractivity contribution in [2.75, 3.05) is 11.9 Å². The molecular formula is C18H20F3N3O. The van der Waals surface area contributed by atoms with Gasteiger partial charge in [0.15, 0.2) is 12.6 Å². The maximum absolute atomic E-state index is 12.3. The number of nitrogens with zero attached hydrogens (tertiary/aromatic N) is 1. The third-order valence-electron chi connectivity index (χ3n) is 3.56. The Kier molecular flexibility index (Phi) is 5.90. The number of hydrogen-bond donors (Lipinski definition) is 2. The Hall–Kier alpha value is -2.70. The lowest BCUT2D eigenvalue weighted by atomic mass is 10.1. The molecule has 3 N–H and O–H groups in total. The van der Waals surface area contributed by atoms with E-state index in [1.54, 1.807) is 18.2 Å². The molecule has 4 nitrogen and oxygen atoms in total. The van der Waals surface area contributed by atoms with Gasteiger partial charge in [0.25, 0.3) is 0 Å². The molecule has 0 aliphatic heterocycles. The third kappa shape index (κ3) is 6.02. The monoisotopic (exact) mass is 351 g/mol. The number of nitrogens with one attached hydrogen (secondary N) is 1. The van der Waals surface area contributed by atoms with Crippen molar-refractivity contribution in [1.82, 2.24) is 0 Å².